The number of Topliss-reactive ketones (excluding diaryl/α,β-unsaturated/α-hetero) is 1. The van der Waals surface area contributed by atoms with E-state index in [1.54, 1.807) is 60.8 Å². The van der Waals surface area contributed by atoms with E-state index in [1.165, 1.54) is 6.92 Å². The Morgan fingerprint density at radius 2 is 1.74 bits per heavy atom. The van der Waals surface area contributed by atoms with Crippen molar-refractivity contribution in [2.24, 2.45) is 0 Å². The molecule has 0 saturated heterocycles. The molecule has 1 heterocycles. The predicted molar refractivity (Wildman–Crippen MR) is 103 cm³/mol. The minimum atomic E-state index is -0.366. The SMILES string of the molecule is CC(=O)c1cccc(Nc2ccc(C(=O)Nc3cccc(C#N)c3)nc2)c1. The second-order valence-corrected chi connectivity index (χ2v) is 5.84. The summed E-state index contributed by atoms with van der Waals surface area (Å²) >= 11 is 0. The predicted octanol–water partition coefficient (Wildman–Crippen LogP) is 4.15. The first-order valence-corrected chi connectivity index (χ1v) is 8.21. The van der Waals surface area contributed by atoms with Crippen molar-refractivity contribution < 1.29 is 9.59 Å². The number of aromatic nitrogens is 1. The van der Waals surface area contributed by atoms with Gasteiger partial charge in [0.15, 0.2) is 5.78 Å². The molecule has 1 aromatic heterocycles. The lowest BCUT2D eigenvalue weighted by Gasteiger charge is -2.08. The number of hydrogen-bond donors (Lipinski definition) is 2. The van der Waals surface area contributed by atoms with E-state index in [2.05, 4.69) is 15.6 Å². The van der Waals surface area contributed by atoms with E-state index in [0.29, 0.717) is 22.5 Å². The number of nitriles is 1. The molecule has 132 valence electrons. The van der Waals surface area contributed by atoms with Gasteiger partial charge < -0.3 is 10.6 Å². The molecule has 0 aliphatic rings. The quantitative estimate of drug-likeness (QED) is 0.670. The Morgan fingerprint density at radius 3 is 2.44 bits per heavy atom. The average molecular weight is 356 g/mol. The lowest BCUT2D eigenvalue weighted by molar-refractivity contribution is 0.101. The Kier molecular flexibility index (Phi) is 5.24. The minimum absolute atomic E-state index is 0.00994. The van der Waals surface area contributed by atoms with Gasteiger partial charge in [0.1, 0.15) is 5.69 Å². The topological polar surface area (TPSA) is 94.9 Å². The highest BCUT2D eigenvalue weighted by Crippen LogP contribution is 2.18. The Balaban J connectivity index is 1.69. The summed E-state index contributed by atoms with van der Waals surface area (Å²) in [5.41, 5.74) is 3.31. The largest absolute Gasteiger partial charge is 0.354 e. The molecule has 1 amide bonds. The molecule has 6 nitrogen and oxygen atoms in total. The number of benzene rings is 2. The molecule has 3 aromatic rings. The Bertz CT molecular complexity index is 1040. The second kappa shape index (κ2) is 7.93. The maximum absolute atomic E-state index is 12.3. The summed E-state index contributed by atoms with van der Waals surface area (Å²) in [6, 6.07) is 19.2. The fourth-order valence-electron chi connectivity index (χ4n) is 2.45. The van der Waals surface area contributed by atoms with Gasteiger partial charge in [-0.1, -0.05) is 18.2 Å². The molecule has 0 radical (unpaired) electrons. The molecule has 0 fully saturated rings. The monoisotopic (exact) mass is 356 g/mol. The first-order chi connectivity index (χ1) is 13.0. The molecule has 2 N–H and O–H groups in total. The molecule has 0 saturated carbocycles. The summed E-state index contributed by atoms with van der Waals surface area (Å²) in [6.07, 6.45) is 1.54. The number of hydrogen-bond acceptors (Lipinski definition) is 5. The molecule has 6 heteroatoms. The number of nitrogens with zero attached hydrogens (tertiary/aromatic N) is 2. The lowest BCUT2D eigenvalue weighted by atomic mass is 10.1. The molecule has 0 unspecified atom stereocenters. The Hall–Kier alpha value is -3.98. The summed E-state index contributed by atoms with van der Waals surface area (Å²) in [4.78, 5) is 27.9. The molecule has 0 atom stereocenters. The number of amides is 1. The molecule has 2 aromatic carbocycles. The van der Waals surface area contributed by atoms with Crippen molar-refractivity contribution in [2.75, 3.05) is 10.6 Å². The van der Waals surface area contributed by atoms with E-state index < -0.39 is 0 Å². The van der Waals surface area contributed by atoms with Gasteiger partial charge in [0, 0.05) is 16.9 Å². The summed E-state index contributed by atoms with van der Waals surface area (Å²) in [5.74, 6) is -0.375. The van der Waals surface area contributed by atoms with Crippen LogP contribution in [0.15, 0.2) is 66.9 Å². The number of anilines is 3. The van der Waals surface area contributed by atoms with Crippen molar-refractivity contribution in [3.05, 3.63) is 83.7 Å². The van der Waals surface area contributed by atoms with Crippen LogP contribution in [0.25, 0.3) is 0 Å². The van der Waals surface area contributed by atoms with Gasteiger partial charge in [-0.2, -0.15) is 5.26 Å². The summed E-state index contributed by atoms with van der Waals surface area (Å²) < 4.78 is 0. The fourth-order valence-corrected chi connectivity index (χ4v) is 2.45. The van der Waals surface area contributed by atoms with Gasteiger partial charge in [0.25, 0.3) is 5.91 Å². The minimum Gasteiger partial charge on any atom is -0.354 e. The number of ketones is 1. The summed E-state index contributed by atoms with van der Waals surface area (Å²) in [7, 11) is 0. The summed E-state index contributed by atoms with van der Waals surface area (Å²) in [6.45, 7) is 1.51. The van der Waals surface area contributed by atoms with Crippen LogP contribution < -0.4 is 10.6 Å². The maximum Gasteiger partial charge on any atom is 0.274 e. The third kappa shape index (κ3) is 4.55. The van der Waals surface area contributed by atoms with E-state index in [9.17, 15) is 9.59 Å². The van der Waals surface area contributed by atoms with E-state index in [4.69, 9.17) is 5.26 Å². The zero-order chi connectivity index (χ0) is 19.2. The van der Waals surface area contributed by atoms with E-state index in [0.717, 1.165) is 5.69 Å². The highest BCUT2D eigenvalue weighted by atomic mass is 16.2. The molecular formula is C21H16N4O2. The van der Waals surface area contributed by atoms with Crippen molar-refractivity contribution in [3.63, 3.8) is 0 Å². The molecule has 3 rings (SSSR count). The van der Waals surface area contributed by atoms with Crippen LogP contribution in [0.5, 0.6) is 0 Å². The number of pyridine rings is 1. The zero-order valence-corrected chi connectivity index (χ0v) is 14.6. The van der Waals surface area contributed by atoms with Crippen LogP contribution in [0, 0.1) is 11.3 Å². The van der Waals surface area contributed by atoms with Crippen molar-refractivity contribution in [1.82, 2.24) is 4.98 Å². The van der Waals surface area contributed by atoms with Crippen LogP contribution in [-0.4, -0.2) is 16.7 Å². The number of nitrogens with one attached hydrogen (secondary N) is 2. The van der Waals surface area contributed by atoms with Gasteiger partial charge in [-0.05, 0) is 49.4 Å². The van der Waals surface area contributed by atoms with Crippen LogP contribution in [0.2, 0.25) is 0 Å². The highest BCUT2D eigenvalue weighted by Gasteiger charge is 2.08. The van der Waals surface area contributed by atoms with Gasteiger partial charge in [-0.3, -0.25) is 9.59 Å². The first kappa shape index (κ1) is 17.8. The van der Waals surface area contributed by atoms with Gasteiger partial charge in [-0.25, -0.2) is 4.98 Å². The van der Waals surface area contributed by atoms with Crippen LogP contribution in [0.1, 0.15) is 33.3 Å². The lowest BCUT2D eigenvalue weighted by Crippen LogP contribution is -2.13. The third-order valence-electron chi connectivity index (χ3n) is 3.80. The van der Waals surface area contributed by atoms with Gasteiger partial charge >= 0.3 is 0 Å². The molecule has 0 spiro atoms. The maximum atomic E-state index is 12.3. The Morgan fingerprint density at radius 1 is 0.963 bits per heavy atom. The molecule has 0 aliphatic heterocycles. The number of rotatable bonds is 5. The molecular weight excluding hydrogens is 340 g/mol. The van der Waals surface area contributed by atoms with Crippen molar-refractivity contribution in [2.45, 2.75) is 6.92 Å². The van der Waals surface area contributed by atoms with Crippen LogP contribution >= 0.6 is 0 Å². The standard InChI is InChI=1S/C21H16N4O2/c1-14(26)16-5-3-7-18(11-16)24-19-8-9-20(23-13-19)21(27)25-17-6-2-4-15(10-17)12-22/h2-11,13,24H,1H3,(H,25,27). The Labute approximate surface area is 156 Å². The van der Waals surface area contributed by atoms with Crippen LogP contribution in [0.4, 0.5) is 17.1 Å². The summed E-state index contributed by atoms with van der Waals surface area (Å²) in [5, 5.41) is 14.8. The second-order valence-electron chi connectivity index (χ2n) is 5.84. The van der Waals surface area contributed by atoms with Gasteiger partial charge in [0.2, 0.25) is 0 Å². The van der Waals surface area contributed by atoms with Crippen molar-refractivity contribution in [1.29, 1.82) is 5.26 Å². The highest BCUT2D eigenvalue weighted by molar-refractivity contribution is 6.03. The van der Waals surface area contributed by atoms with E-state index in [-0.39, 0.29) is 17.4 Å². The number of carbonyl (C=O) groups is 2. The molecule has 27 heavy (non-hydrogen) atoms. The van der Waals surface area contributed by atoms with Gasteiger partial charge in [-0.15, -0.1) is 0 Å². The van der Waals surface area contributed by atoms with Crippen molar-refractivity contribution >= 4 is 28.8 Å². The third-order valence-corrected chi connectivity index (χ3v) is 3.80. The average Bonchev–Trinajstić information content (AvgIpc) is 2.69. The zero-order valence-electron chi connectivity index (χ0n) is 14.6. The fraction of sp³-hybridized carbons (Fsp3) is 0.0476. The number of carbonyl (C=O) groups excluding carboxylic acids is 2. The normalized spacial score (nSPS) is 9.93. The van der Waals surface area contributed by atoms with E-state index >= 15 is 0 Å². The smallest absolute Gasteiger partial charge is 0.274 e. The van der Waals surface area contributed by atoms with Crippen molar-refractivity contribution in [3.8, 4) is 6.07 Å². The first-order valence-electron chi connectivity index (χ1n) is 8.21. The van der Waals surface area contributed by atoms with Crippen LogP contribution in [0.3, 0.4) is 0 Å². The molecule has 0 bridgehead atoms. The molecule has 0 aliphatic carbocycles. The van der Waals surface area contributed by atoms with Crippen LogP contribution in [-0.2, 0) is 0 Å². The van der Waals surface area contributed by atoms with E-state index in [1.807, 2.05) is 12.1 Å². The van der Waals surface area contributed by atoms with Gasteiger partial charge in [0.05, 0.1) is 23.5 Å².